The summed E-state index contributed by atoms with van der Waals surface area (Å²) in [4.78, 5) is 44.1. The Morgan fingerprint density at radius 3 is 2.65 bits per heavy atom. The van der Waals surface area contributed by atoms with Gasteiger partial charge in [0.2, 0.25) is 5.91 Å². The zero-order chi connectivity index (χ0) is 25.3. The molecule has 186 valence electrons. The molecule has 6 nitrogen and oxygen atoms in total. The van der Waals surface area contributed by atoms with Gasteiger partial charge in [-0.05, 0) is 57.6 Å². The van der Waals surface area contributed by atoms with Crippen LogP contribution in [0.3, 0.4) is 0 Å². The number of carbonyl (C=O) groups excluding carboxylic acids is 3. The van der Waals surface area contributed by atoms with Crippen LogP contribution in [-0.4, -0.2) is 54.0 Å². The third-order valence-corrected chi connectivity index (χ3v) is 7.13. The van der Waals surface area contributed by atoms with Crippen molar-refractivity contribution in [3.8, 4) is 0 Å². The van der Waals surface area contributed by atoms with E-state index in [2.05, 4.69) is 24.1 Å². The van der Waals surface area contributed by atoms with Crippen LogP contribution in [0, 0.1) is 11.8 Å². The van der Waals surface area contributed by atoms with Crippen molar-refractivity contribution in [3.05, 3.63) is 40.4 Å². The van der Waals surface area contributed by atoms with Crippen LogP contribution in [0.2, 0.25) is 5.02 Å². The molecule has 0 saturated carbocycles. The maximum atomic E-state index is 13.3. The van der Waals surface area contributed by atoms with Gasteiger partial charge in [0.1, 0.15) is 5.78 Å². The number of thiazole rings is 1. The SMILES string of the molecule is CC[C@H](C)[C@@H](CCC(=O)/C=C/CN(C)C)NC(=O)[C@@H](CC(C)=O)Cc1nc2ccc(Cl)cc2s1. The first kappa shape index (κ1) is 28.1. The monoisotopic (exact) mass is 505 g/mol. The minimum absolute atomic E-state index is 0.0365. The Balaban J connectivity index is 2.08. The fraction of sp³-hybridized carbons (Fsp3) is 0.538. The van der Waals surface area contributed by atoms with Crippen LogP contribution in [0.15, 0.2) is 30.4 Å². The molecule has 0 aliphatic carbocycles. The number of benzene rings is 1. The highest BCUT2D eigenvalue weighted by molar-refractivity contribution is 7.18. The summed E-state index contributed by atoms with van der Waals surface area (Å²) < 4.78 is 0.961. The van der Waals surface area contributed by atoms with Gasteiger partial charge in [-0.15, -0.1) is 11.3 Å². The first-order chi connectivity index (χ1) is 16.1. The van der Waals surface area contributed by atoms with Gasteiger partial charge in [-0.1, -0.05) is 37.9 Å². The van der Waals surface area contributed by atoms with E-state index in [1.54, 1.807) is 12.1 Å². The first-order valence-corrected chi connectivity index (χ1v) is 13.0. The number of nitrogens with zero attached hydrogens (tertiary/aromatic N) is 2. The lowest BCUT2D eigenvalue weighted by molar-refractivity contribution is -0.129. The van der Waals surface area contributed by atoms with Crippen molar-refractivity contribution < 1.29 is 14.4 Å². The Morgan fingerprint density at radius 2 is 2.00 bits per heavy atom. The van der Waals surface area contributed by atoms with E-state index in [0.717, 1.165) is 21.6 Å². The maximum absolute atomic E-state index is 13.3. The number of amides is 1. The molecule has 1 aromatic carbocycles. The Kier molecular flexibility index (Phi) is 11.4. The third-order valence-electron chi connectivity index (χ3n) is 5.85. The predicted octanol–water partition coefficient (Wildman–Crippen LogP) is 5.09. The van der Waals surface area contributed by atoms with E-state index in [0.29, 0.717) is 30.8 Å². The second kappa shape index (κ2) is 13.7. The summed E-state index contributed by atoms with van der Waals surface area (Å²) in [5, 5.41) is 4.59. The predicted molar refractivity (Wildman–Crippen MR) is 140 cm³/mol. The van der Waals surface area contributed by atoms with E-state index >= 15 is 0 Å². The molecule has 3 atom stereocenters. The minimum atomic E-state index is -0.504. The van der Waals surface area contributed by atoms with Gasteiger partial charge < -0.3 is 15.0 Å². The molecule has 2 aromatic rings. The summed E-state index contributed by atoms with van der Waals surface area (Å²) in [6.45, 7) is 6.36. The fourth-order valence-electron chi connectivity index (χ4n) is 3.71. The van der Waals surface area contributed by atoms with Crippen molar-refractivity contribution in [2.75, 3.05) is 20.6 Å². The zero-order valence-corrected chi connectivity index (χ0v) is 22.3. The second-order valence-corrected chi connectivity index (χ2v) is 10.7. The number of nitrogens with one attached hydrogen (secondary N) is 1. The molecule has 0 bridgehead atoms. The normalized spacial score (nSPS) is 14.4. The highest BCUT2D eigenvalue weighted by Crippen LogP contribution is 2.27. The molecule has 0 saturated heterocycles. The number of allylic oxidation sites excluding steroid dienone is 1. The largest absolute Gasteiger partial charge is 0.353 e. The van der Waals surface area contributed by atoms with Gasteiger partial charge in [0.25, 0.3) is 0 Å². The van der Waals surface area contributed by atoms with Crippen LogP contribution in [0.5, 0.6) is 0 Å². The van der Waals surface area contributed by atoms with E-state index in [1.807, 2.05) is 37.2 Å². The number of fused-ring (bicyclic) bond motifs is 1. The zero-order valence-electron chi connectivity index (χ0n) is 20.8. The summed E-state index contributed by atoms with van der Waals surface area (Å²) in [5.41, 5.74) is 0.838. The van der Waals surface area contributed by atoms with Crippen molar-refractivity contribution in [3.63, 3.8) is 0 Å². The average Bonchev–Trinajstić information content (AvgIpc) is 3.16. The number of hydrogen-bond donors (Lipinski definition) is 1. The lowest BCUT2D eigenvalue weighted by Gasteiger charge is -2.26. The molecular formula is C26H36ClN3O3S. The molecule has 0 fully saturated rings. The van der Waals surface area contributed by atoms with Crippen molar-refractivity contribution >= 4 is 50.6 Å². The number of hydrogen-bond acceptors (Lipinski definition) is 6. The summed E-state index contributed by atoms with van der Waals surface area (Å²) in [6.07, 6.45) is 5.84. The van der Waals surface area contributed by atoms with Crippen LogP contribution >= 0.6 is 22.9 Å². The van der Waals surface area contributed by atoms with Crippen LogP contribution in [0.25, 0.3) is 10.2 Å². The van der Waals surface area contributed by atoms with Gasteiger partial charge in [0.15, 0.2) is 5.78 Å². The summed E-state index contributed by atoms with van der Waals surface area (Å²) in [5.74, 6) is -0.433. The van der Waals surface area contributed by atoms with Crippen LogP contribution < -0.4 is 5.32 Å². The molecule has 34 heavy (non-hydrogen) atoms. The summed E-state index contributed by atoms with van der Waals surface area (Å²) >= 11 is 7.58. The molecule has 1 heterocycles. The molecule has 0 spiro atoms. The Labute approximate surface area is 211 Å². The molecule has 8 heteroatoms. The van der Waals surface area contributed by atoms with Gasteiger partial charge in [0, 0.05) is 36.9 Å². The molecule has 1 amide bonds. The van der Waals surface area contributed by atoms with Crippen molar-refractivity contribution in [1.82, 2.24) is 15.2 Å². The molecular weight excluding hydrogens is 470 g/mol. The first-order valence-electron chi connectivity index (χ1n) is 11.8. The smallest absolute Gasteiger partial charge is 0.224 e. The van der Waals surface area contributed by atoms with Gasteiger partial charge in [-0.3, -0.25) is 9.59 Å². The van der Waals surface area contributed by atoms with Crippen LogP contribution in [0.4, 0.5) is 0 Å². The summed E-state index contributed by atoms with van der Waals surface area (Å²) in [6, 6.07) is 5.38. The molecule has 0 unspecified atom stereocenters. The van der Waals surface area contributed by atoms with E-state index in [4.69, 9.17) is 11.6 Å². The van der Waals surface area contributed by atoms with Crippen molar-refractivity contribution in [2.24, 2.45) is 11.8 Å². The van der Waals surface area contributed by atoms with E-state index in [1.165, 1.54) is 18.3 Å². The van der Waals surface area contributed by atoms with Crippen molar-refractivity contribution in [1.29, 1.82) is 0 Å². The standard InChI is InChI=1S/C26H36ClN3O3S/c1-6-17(2)22(12-10-21(32)8-7-13-30(4)5)29-26(33)19(14-18(3)31)15-25-28-23-11-9-20(27)16-24(23)34-25/h7-9,11,16-17,19,22H,6,10,12-15H2,1-5H3,(H,29,33)/b8-7+/t17-,19-,22+/m0/s1. The van der Waals surface area contributed by atoms with Gasteiger partial charge in [-0.2, -0.15) is 0 Å². The minimum Gasteiger partial charge on any atom is -0.353 e. The second-order valence-electron chi connectivity index (χ2n) is 9.20. The Hall–Kier alpha value is -2.09. The van der Waals surface area contributed by atoms with Gasteiger partial charge >= 0.3 is 0 Å². The van der Waals surface area contributed by atoms with E-state index in [9.17, 15) is 14.4 Å². The van der Waals surface area contributed by atoms with Gasteiger partial charge in [0.05, 0.1) is 21.1 Å². The van der Waals surface area contributed by atoms with E-state index in [-0.39, 0.29) is 35.9 Å². The van der Waals surface area contributed by atoms with E-state index < -0.39 is 5.92 Å². The molecule has 0 aliphatic heterocycles. The van der Waals surface area contributed by atoms with Gasteiger partial charge in [-0.25, -0.2) is 4.98 Å². The third kappa shape index (κ3) is 9.28. The maximum Gasteiger partial charge on any atom is 0.224 e. The fourth-order valence-corrected chi connectivity index (χ4v) is 5.03. The van der Waals surface area contributed by atoms with Crippen molar-refractivity contribution in [2.45, 2.75) is 58.9 Å². The quantitative estimate of drug-likeness (QED) is 0.362. The summed E-state index contributed by atoms with van der Waals surface area (Å²) in [7, 11) is 3.90. The lowest BCUT2D eigenvalue weighted by Crippen LogP contribution is -2.43. The van der Waals surface area contributed by atoms with Crippen LogP contribution in [-0.2, 0) is 20.8 Å². The molecule has 1 aromatic heterocycles. The Bertz CT molecular complexity index is 1020. The molecule has 0 aliphatic rings. The highest BCUT2D eigenvalue weighted by atomic mass is 35.5. The average molecular weight is 506 g/mol. The lowest BCUT2D eigenvalue weighted by atomic mass is 9.92. The molecule has 1 N–H and O–H groups in total. The number of Topliss-reactive ketones (excluding diaryl/α,β-unsaturated/α-hetero) is 1. The van der Waals surface area contributed by atoms with Crippen LogP contribution in [0.1, 0.15) is 51.5 Å². The number of halogens is 1. The number of likely N-dealkylation sites (N-methyl/N-ethyl adjacent to an activating group) is 1. The number of ketones is 2. The highest BCUT2D eigenvalue weighted by Gasteiger charge is 2.26. The Morgan fingerprint density at radius 1 is 1.26 bits per heavy atom. The number of aromatic nitrogens is 1. The molecule has 2 rings (SSSR count). The molecule has 0 radical (unpaired) electrons. The number of carbonyl (C=O) groups is 3. The number of rotatable bonds is 14. The topological polar surface area (TPSA) is 79.4 Å².